The number of carbonyl (C=O) groups is 2. The first-order chi connectivity index (χ1) is 15.4. The number of ether oxygens (including phenoxy) is 2. The van der Waals surface area contributed by atoms with E-state index in [-0.39, 0.29) is 36.1 Å². The van der Waals surface area contributed by atoms with E-state index >= 15 is 0 Å². The maximum absolute atomic E-state index is 13.6. The molecule has 0 aliphatic carbocycles. The lowest BCUT2D eigenvalue weighted by atomic mass is 10.1. The van der Waals surface area contributed by atoms with Gasteiger partial charge in [-0.2, -0.15) is 0 Å². The number of nitrogens with one attached hydrogen (secondary N) is 1. The average molecular weight is 479 g/mol. The maximum atomic E-state index is 13.6. The number of halogens is 1. The van der Waals surface area contributed by atoms with Crippen molar-refractivity contribution in [1.29, 1.82) is 0 Å². The van der Waals surface area contributed by atoms with Crippen LogP contribution in [0.4, 0.5) is 10.1 Å². The van der Waals surface area contributed by atoms with Crippen LogP contribution in [0.2, 0.25) is 0 Å². The van der Waals surface area contributed by atoms with Crippen LogP contribution in [0.15, 0.2) is 47.4 Å². The fourth-order valence-electron chi connectivity index (χ4n) is 3.41. The van der Waals surface area contributed by atoms with Crippen molar-refractivity contribution in [2.45, 2.75) is 50.7 Å². The molecule has 1 aliphatic heterocycles. The van der Waals surface area contributed by atoms with Crippen LogP contribution in [0.3, 0.4) is 0 Å². The fraction of sp³-hybridized carbons (Fsp3) is 0.391. The summed E-state index contributed by atoms with van der Waals surface area (Å²) in [6, 6.07) is 8.55. The second-order valence-electron chi connectivity index (χ2n) is 8.72. The first-order valence-electron chi connectivity index (χ1n) is 10.4. The molecule has 0 saturated carbocycles. The summed E-state index contributed by atoms with van der Waals surface area (Å²) in [7, 11) is -4.14. The highest BCUT2D eigenvalue weighted by Crippen LogP contribution is 2.38. The van der Waals surface area contributed by atoms with Gasteiger partial charge in [0.25, 0.3) is 10.0 Å². The van der Waals surface area contributed by atoms with Crippen LogP contribution in [0, 0.1) is 5.82 Å². The number of amides is 1. The van der Waals surface area contributed by atoms with Gasteiger partial charge in [-0.3, -0.25) is 13.9 Å². The van der Waals surface area contributed by atoms with Gasteiger partial charge >= 0.3 is 5.97 Å². The molecule has 1 amide bonds. The number of sulfonamides is 1. The van der Waals surface area contributed by atoms with Crippen molar-refractivity contribution in [2.75, 3.05) is 17.5 Å². The largest absolute Gasteiger partial charge is 0.489 e. The number of hydrogen-bond donors (Lipinski definition) is 1. The summed E-state index contributed by atoms with van der Waals surface area (Å²) >= 11 is 0. The van der Waals surface area contributed by atoms with Crippen molar-refractivity contribution in [1.82, 2.24) is 5.32 Å². The summed E-state index contributed by atoms with van der Waals surface area (Å²) in [5, 5.41) is 2.62. The number of carbonyl (C=O) groups excluding carboxylic acids is 2. The van der Waals surface area contributed by atoms with Gasteiger partial charge < -0.3 is 14.8 Å². The van der Waals surface area contributed by atoms with Gasteiger partial charge in [-0.1, -0.05) is 6.07 Å². The summed E-state index contributed by atoms with van der Waals surface area (Å²) in [5.74, 6) is -1.03. The van der Waals surface area contributed by atoms with Crippen molar-refractivity contribution in [3.8, 4) is 5.75 Å². The van der Waals surface area contributed by atoms with E-state index in [1.165, 1.54) is 19.1 Å². The zero-order valence-electron chi connectivity index (χ0n) is 18.9. The molecule has 1 heterocycles. The Hall–Kier alpha value is -3.14. The van der Waals surface area contributed by atoms with Crippen LogP contribution in [-0.2, 0) is 30.8 Å². The van der Waals surface area contributed by atoms with E-state index in [1.54, 1.807) is 39.0 Å². The Morgan fingerprint density at radius 3 is 2.45 bits per heavy atom. The summed E-state index contributed by atoms with van der Waals surface area (Å²) in [6.07, 6.45) is -0.0641. The highest BCUT2D eigenvalue weighted by atomic mass is 32.2. The Kier molecular flexibility index (Phi) is 6.97. The molecule has 0 bridgehead atoms. The molecule has 1 aliphatic rings. The third-order valence-corrected chi connectivity index (χ3v) is 6.63. The van der Waals surface area contributed by atoms with E-state index in [9.17, 15) is 22.4 Å². The van der Waals surface area contributed by atoms with Crippen molar-refractivity contribution >= 4 is 27.6 Å². The van der Waals surface area contributed by atoms with Crippen LogP contribution >= 0.6 is 0 Å². The molecule has 0 saturated heterocycles. The van der Waals surface area contributed by atoms with Gasteiger partial charge in [0.15, 0.2) is 0 Å². The SMILES string of the molecule is CC(=O)NCC1COc2ccc(CC(=O)OC(C)(C)C)cc2N1S(=O)(=O)c1ccc(F)cc1. The zero-order chi connectivity index (χ0) is 24.4. The number of anilines is 1. The van der Waals surface area contributed by atoms with Crippen molar-refractivity contribution in [3.05, 3.63) is 53.8 Å². The lowest BCUT2D eigenvalue weighted by Crippen LogP contribution is -2.52. The van der Waals surface area contributed by atoms with Crippen LogP contribution < -0.4 is 14.4 Å². The monoisotopic (exact) mass is 478 g/mol. The molecule has 2 aromatic carbocycles. The molecule has 3 rings (SSSR count). The minimum Gasteiger partial charge on any atom is -0.489 e. The molecule has 8 nitrogen and oxygen atoms in total. The van der Waals surface area contributed by atoms with E-state index in [2.05, 4.69) is 5.32 Å². The lowest BCUT2D eigenvalue weighted by Gasteiger charge is -2.37. The number of benzene rings is 2. The molecule has 1 atom stereocenters. The number of fused-ring (bicyclic) bond motifs is 1. The molecule has 0 fully saturated rings. The molecule has 0 radical (unpaired) electrons. The molecule has 1 unspecified atom stereocenters. The third kappa shape index (κ3) is 6.01. The normalized spacial score (nSPS) is 15.9. The Labute approximate surface area is 192 Å². The van der Waals surface area contributed by atoms with Gasteiger partial charge in [0.2, 0.25) is 5.91 Å². The van der Waals surface area contributed by atoms with Gasteiger partial charge in [0, 0.05) is 13.5 Å². The van der Waals surface area contributed by atoms with E-state index in [4.69, 9.17) is 9.47 Å². The first kappa shape index (κ1) is 24.5. The van der Waals surface area contributed by atoms with Crippen LogP contribution in [-0.4, -0.2) is 45.1 Å². The Balaban J connectivity index is 2.03. The zero-order valence-corrected chi connectivity index (χ0v) is 19.7. The van der Waals surface area contributed by atoms with E-state index in [0.29, 0.717) is 11.3 Å². The van der Waals surface area contributed by atoms with Crippen LogP contribution in [0.1, 0.15) is 33.3 Å². The van der Waals surface area contributed by atoms with E-state index in [0.717, 1.165) is 16.4 Å². The summed E-state index contributed by atoms with van der Waals surface area (Å²) in [5.41, 5.74) is 0.101. The number of hydrogen-bond acceptors (Lipinski definition) is 6. The maximum Gasteiger partial charge on any atom is 0.310 e. The number of esters is 1. The standard InChI is InChI=1S/C23H27FN2O6S/c1-15(27)25-13-18-14-31-21-10-5-16(12-22(28)32-23(2,3)4)11-20(21)26(18)33(29,30)19-8-6-17(24)7-9-19/h5-11,18H,12-14H2,1-4H3,(H,25,27). The Bertz CT molecular complexity index is 1140. The summed E-state index contributed by atoms with van der Waals surface area (Å²) < 4.78 is 52.9. The second kappa shape index (κ2) is 9.38. The van der Waals surface area contributed by atoms with Crippen LogP contribution in [0.5, 0.6) is 5.75 Å². The minimum absolute atomic E-state index is 0.000876. The van der Waals surface area contributed by atoms with E-state index in [1.807, 2.05) is 0 Å². The van der Waals surface area contributed by atoms with Gasteiger partial charge in [0.1, 0.15) is 23.8 Å². The van der Waals surface area contributed by atoms with Gasteiger partial charge in [0.05, 0.1) is 23.0 Å². The Morgan fingerprint density at radius 1 is 1.18 bits per heavy atom. The van der Waals surface area contributed by atoms with E-state index < -0.39 is 33.5 Å². The molecule has 178 valence electrons. The van der Waals surface area contributed by atoms with Crippen molar-refractivity contribution in [3.63, 3.8) is 0 Å². The highest BCUT2D eigenvalue weighted by Gasteiger charge is 2.37. The molecular formula is C23H27FN2O6S. The second-order valence-corrected chi connectivity index (χ2v) is 10.5. The fourth-order valence-corrected chi connectivity index (χ4v) is 5.05. The van der Waals surface area contributed by atoms with Gasteiger partial charge in [-0.15, -0.1) is 0 Å². The number of nitrogens with zero attached hydrogens (tertiary/aromatic N) is 1. The Morgan fingerprint density at radius 2 is 1.85 bits per heavy atom. The molecule has 0 aromatic heterocycles. The summed E-state index contributed by atoms with van der Waals surface area (Å²) in [4.78, 5) is 23.7. The van der Waals surface area contributed by atoms with Crippen molar-refractivity contribution in [2.24, 2.45) is 0 Å². The third-order valence-electron chi connectivity index (χ3n) is 4.75. The highest BCUT2D eigenvalue weighted by molar-refractivity contribution is 7.92. The molecule has 10 heteroatoms. The predicted molar refractivity (Wildman–Crippen MR) is 120 cm³/mol. The molecule has 0 spiro atoms. The topological polar surface area (TPSA) is 102 Å². The predicted octanol–water partition coefficient (Wildman–Crippen LogP) is 2.80. The van der Waals surface area contributed by atoms with Gasteiger partial charge in [-0.05, 0) is 62.7 Å². The van der Waals surface area contributed by atoms with Crippen molar-refractivity contribution < 1.29 is 31.9 Å². The van der Waals surface area contributed by atoms with Crippen LogP contribution in [0.25, 0.3) is 0 Å². The molecule has 1 N–H and O–H groups in total. The first-order valence-corrected chi connectivity index (χ1v) is 11.8. The smallest absolute Gasteiger partial charge is 0.310 e. The molecule has 2 aromatic rings. The lowest BCUT2D eigenvalue weighted by molar-refractivity contribution is -0.153. The molecular weight excluding hydrogens is 451 g/mol. The molecule has 33 heavy (non-hydrogen) atoms. The van der Waals surface area contributed by atoms with Gasteiger partial charge in [-0.25, -0.2) is 12.8 Å². The quantitative estimate of drug-likeness (QED) is 0.641. The summed E-state index contributed by atoms with van der Waals surface area (Å²) in [6.45, 7) is 6.61. The minimum atomic E-state index is -4.14. The number of rotatable bonds is 6. The average Bonchev–Trinajstić information content (AvgIpc) is 2.70.